The van der Waals surface area contributed by atoms with Crippen molar-refractivity contribution in [2.24, 2.45) is 0 Å². The number of hydrogen-bond acceptors (Lipinski definition) is 5. The van der Waals surface area contributed by atoms with E-state index in [-0.39, 0.29) is 11.9 Å². The summed E-state index contributed by atoms with van der Waals surface area (Å²) in [5, 5.41) is 10.5. The molecule has 3 aromatic rings. The van der Waals surface area contributed by atoms with Crippen LogP contribution in [0.4, 0.5) is 6.01 Å². The molecule has 0 spiro atoms. The average Bonchev–Trinajstić information content (AvgIpc) is 3.23. The number of thiophene rings is 1. The minimum absolute atomic E-state index is 0.0808. The number of aromatic nitrogens is 2. The lowest BCUT2D eigenvalue weighted by Gasteiger charge is -2.15. The summed E-state index contributed by atoms with van der Waals surface area (Å²) in [5.74, 6) is 0.0930. The highest BCUT2D eigenvalue weighted by molar-refractivity contribution is 7.18. The first kappa shape index (κ1) is 15.4. The highest BCUT2D eigenvalue weighted by atomic mass is 35.5. The Morgan fingerprint density at radius 3 is 2.75 bits per heavy atom. The van der Waals surface area contributed by atoms with Crippen molar-refractivity contribution < 1.29 is 9.21 Å². The summed E-state index contributed by atoms with van der Waals surface area (Å²) < 4.78 is 6.13. The lowest BCUT2D eigenvalue weighted by molar-refractivity contribution is 0.102. The second-order valence-electron chi connectivity index (χ2n) is 5.66. The molecule has 1 aliphatic rings. The molecule has 4 rings (SSSR count). The number of hydrogen-bond donors (Lipinski definition) is 1. The lowest BCUT2D eigenvalue weighted by Crippen LogP contribution is -2.10. The number of aryl methyl sites for hydroxylation is 2. The van der Waals surface area contributed by atoms with E-state index in [1.807, 2.05) is 6.07 Å². The van der Waals surface area contributed by atoms with E-state index in [2.05, 4.69) is 27.6 Å². The zero-order valence-electron chi connectivity index (χ0n) is 12.7. The Morgan fingerprint density at radius 2 is 1.96 bits per heavy atom. The number of nitrogens with zero attached hydrogens (tertiary/aromatic N) is 2. The zero-order valence-corrected chi connectivity index (χ0v) is 14.3. The average molecular weight is 360 g/mol. The van der Waals surface area contributed by atoms with Crippen LogP contribution in [0, 0.1) is 0 Å². The molecule has 1 N–H and O–H groups in total. The third kappa shape index (κ3) is 3.07. The highest BCUT2D eigenvalue weighted by Gasteiger charge is 2.16. The van der Waals surface area contributed by atoms with Gasteiger partial charge in [0.1, 0.15) is 0 Å². The summed E-state index contributed by atoms with van der Waals surface area (Å²) in [4.78, 5) is 12.6. The van der Waals surface area contributed by atoms with Gasteiger partial charge in [-0.25, -0.2) is 0 Å². The summed E-state index contributed by atoms with van der Waals surface area (Å²) >= 11 is 7.03. The van der Waals surface area contributed by atoms with Crippen molar-refractivity contribution in [1.29, 1.82) is 0 Å². The van der Waals surface area contributed by atoms with E-state index >= 15 is 0 Å². The first-order chi connectivity index (χ1) is 11.7. The number of nitrogens with one attached hydrogen (secondary N) is 1. The Kier molecular flexibility index (Phi) is 4.08. The first-order valence-electron chi connectivity index (χ1n) is 7.71. The van der Waals surface area contributed by atoms with Crippen LogP contribution in [0.2, 0.25) is 4.34 Å². The standard InChI is InChI=1S/C17H14ClN3O2S/c18-14-8-7-13(24-14)15(22)19-17-21-20-16(23-17)12-6-5-10-3-1-2-4-11(10)9-12/h5-9H,1-4H2,(H,19,21,22). The van der Waals surface area contributed by atoms with Crippen LogP contribution in [0.1, 0.15) is 33.6 Å². The summed E-state index contributed by atoms with van der Waals surface area (Å²) in [5.41, 5.74) is 3.62. The molecule has 0 aliphatic heterocycles. The van der Waals surface area contributed by atoms with E-state index < -0.39 is 0 Å². The van der Waals surface area contributed by atoms with Crippen molar-refractivity contribution in [2.75, 3.05) is 5.32 Å². The molecule has 7 heteroatoms. The molecule has 2 heterocycles. The molecule has 0 unspecified atom stereocenters. The third-order valence-electron chi connectivity index (χ3n) is 4.04. The Labute approximate surface area is 147 Å². The van der Waals surface area contributed by atoms with Crippen LogP contribution in [0.25, 0.3) is 11.5 Å². The van der Waals surface area contributed by atoms with Crippen LogP contribution in [-0.2, 0) is 12.8 Å². The Bertz CT molecular complexity index is 903. The minimum Gasteiger partial charge on any atom is -0.403 e. The van der Waals surface area contributed by atoms with Crippen LogP contribution in [0.15, 0.2) is 34.7 Å². The molecule has 5 nitrogen and oxygen atoms in total. The predicted octanol–water partition coefficient (Wildman–Crippen LogP) is 4.58. The molecule has 0 bridgehead atoms. The summed E-state index contributed by atoms with van der Waals surface area (Å²) in [6.07, 6.45) is 4.67. The SMILES string of the molecule is O=C(Nc1nnc(-c2ccc3c(c2)CCCC3)o1)c1ccc(Cl)s1. The Balaban J connectivity index is 1.53. The van der Waals surface area contributed by atoms with Crippen LogP contribution in [0.5, 0.6) is 0 Å². The topological polar surface area (TPSA) is 68.0 Å². The number of halogens is 1. The molecule has 1 aliphatic carbocycles. The van der Waals surface area contributed by atoms with E-state index in [0.717, 1.165) is 18.4 Å². The van der Waals surface area contributed by atoms with Crippen molar-refractivity contribution in [3.8, 4) is 11.5 Å². The summed E-state index contributed by atoms with van der Waals surface area (Å²) in [7, 11) is 0. The predicted molar refractivity (Wildman–Crippen MR) is 93.7 cm³/mol. The fourth-order valence-corrected chi connectivity index (χ4v) is 3.79. The van der Waals surface area contributed by atoms with Gasteiger partial charge in [-0.05, 0) is 61.1 Å². The van der Waals surface area contributed by atoms with Crippen molar-refractivity contribution in [3.63, 3.8) is 0 Å². The smallest absolute Gasteiger partial charge is 0.322 e. The number of benzene rings is 1. The quantitative estimate of drug-likeness (QED) is 0.743. The van der Waals surface area contributed by atoms with Crippen molar-refractivity contribution in [3.05, 3.63) is 50.7 Å². The normalized spacial score (nSPS) is 13.5. The van der Waals surface area contributed by atoms with Gasteiger partial charge in [-0.15, -0.1) is 16.4 Å². The molecule has 0 radical (unpaired) electrons. The molecule has 122 valence electrons. The maximum atomic E-state index is 12.1. The van der Waals surface area contributed by atoms with E-state index in [1.54, 1.807) is 12.1 Å². The van der Waals surface area contributed by atoms with Crippen LogP contribution < -0.4 is 5.32 Å². The number of fused-ring (bicyclic) bond motifs is 1. The highest BCUT2D eigenvalue weighted by Crippen LogP contribution is 2.28. The van der Waals surface area contributed by atoms with E-state index in [1.165, 1.54) is 35.3 Å². The number of carbonyl (C=O) groups is 1. The largest absolute Gasteiger partial charge is 0.403 e. The maximum Gasteiger partial charge on any atom is 0.322 e. The lowest BCUT2D eigenvalue weighted by atomic mass is 9.90. The number of rotatable bonds is 3. The number of anilines is 1. The summed E-state index contributed by atoms with van der Waals surface area (Å²) in [6.45, 7) is 0. The molecule has 0 saturated heterocycles. The van der Waals surface area contributed by atoms with E-state index in [0.29, 0.717) is 15.1 Å². The fraction of sp³-hybridized carbons (Fsp3) is 0.235. The van der Waals surface area contributed by atoms with Crippen LogP contribution >= 0.6 is 22.9 Å². The molecule has 0 fully saturated rings. The van der Waals surface area contributed by atoms with Gasteiger partial charge in [0.15, 0.2) is 0 Å². The third-order valence-corrected chi connectivity index (χ3v) is 5.27. The number of amides is 1. The van der Waals surface area contributed by atoms with Crippen molar-refractivity contribution in [2.45, 2.75) is 25.7 Å². The van der Waals surface area contributed by atoms with Gasteiger partial charge in [0.05, 0.1) is 9.21 Å². The Hall–Kier alpha value is -2.18. The molecule has 1 amide bonds. The first-order valence-corrected chi connectivity index (χ1v) is 8.91. The molecule has 24 heavy (non-hydrogen) atoms. The van der Waals surface area contributed by atoms with Crippen molar-refractivity contribution in [1.82, 2.24) is 10.2 Å². The second-order valence-corrected chi connectivity index (χ2v) is 7.38. The van der Waals surface area contributed by atoms with Gasteiger partial charge in [-0.1, -0.05) is 22.8 Å². The second kappa shape index (κ2) is 6.37. The monoisotopic (exact) mass is 359 g/mol. The molecule has 1 aromatic carbocycles. The van der Waals surface area contributed by atoms with Gasteiger partial charge in [-0.3, -0.25) is 10.1 Å². The van der Waals surface area contributed by atoms with E-state index in [4.69, 9.17) is 16.0 Å². The van der Waals surface area contributed by atoms with Crippen LogP contribution in [-0.4, -0.2) is 16.1 Å². The minimum atomic E-state index is -0.312. The van der Waals surface area contributed by atoms with Gasteiger partial charge in [0.25, 0.3) is 5.91 Å². The van der Waals surface area contributed by atoms with Crippen molar-refractivity contribution >= 4 is 34.9 Å². The van der Waals surface area contributed by atoms with Gasteiger partial charge < -0.3 is 4.42 Å². The van der Waals surface area contributed by atoms with E-state index in [9.17, 15) is 4.79 Å². The molecule has 0 saturated carbocycles. The molecule has 2 aromatic heterocycles. The summed E-state index contributed by atoms with van der Waals surface area (Å²) in [6, 6.07) is 9.63. The maximum absolute atomic E-state index is 12.1. The molecular weight excluding hydrogens is 346 g/mol. The van der Waals surface area contributed by atoms with Gasteiger partial charge in [0, 0.05) is 5.56 Å². The van der Waals surface area contributed by atoms with Gasteiger partial charge in [-0.2, -0.15) is 0 Å². The van der Waals surface area contributed by atoms with Crippen LogP contribution in [0.3, 0.4) is 0 Å². The Morgan fingerprint density at radius 1 is 1.12 bits per heavy atom. The van der Waals surface area contributed by atoms with Gasteiger partial charge in [0.2, 0.25) is 5.89 Å². The molecular formula is C17H14ClN3O2S. The molecule has 0 atom stereocenters. The van der Waals surface area contributed by atoms with Gasteiger partial charge >= 0.3 is 6.01 Å². The zero-order chi connectivity index (χ0) is 16.5. The fourth-order valence-electron chi connectivity index (χ4n) is 2.85. The number of carbonyl (C=O) groups excluding carboxylic acids is 1.